The molecule has 0 heterocycles. The minimum atomic E-state index is -0.750. The second kappa shape index (κ2) is 8.97. The molecule has 0 saturated heterocycles. The monoisotopic (exact) mass is 238 g/mol. The maximum absolute atomic E-state index is 11.3. The van der Waals surface area contributed by atoms with Gasteiger partial charge in [0.15, 0.2) is 0 Å². The zero-order chi connectivity index (χ0) is 13.1. The SMILES string of the molecule is CNC=CC=C(C#N)C(=O)OCCOC(C)=O. The molecule has 0 radical (unpaired) electrons. The van der Waals surface area contributed by atoms with Gasteiger partial charge in [0.1, 0.15) is 24.9 Å². The van der Waals surface area contributed by atoms with Crippen molar-refractivity contribution >= 4 is 11.9 Å². The van der Waals surface area contributed by atoms with Crippen molar-refractivity contribution in [2.45, 2.75) is 6.92 Å². The highest BCUT2D eigenvalue weighted by Crippen LogP contribution is 1.97. The average Bonchev–Trinajstić information content (AvgIpc) is 2.30. The number of rotatable bonds is 6. The Kier molecular flexibility index (Phi) is 7.76. The van der Waals surface area contributed by atoms with Gasteiger partial charge in [-0.1, -0.05) is 0 Å². The molecular formula is C11H14N2O4. The van der Waals surface area contributed by atoms with Crippen LogP contribution in [0.5, 0.6) is 0 Å². The third-order valence-corrected chi connectivity index (χ3v) is 1.49. The molecule has 0 amide bonds. The zero-order valence-electron chi connectivity index (χ0n) is 9.73. The van der Waals surface area contributed by atoms with Crippen LogP contribution in [0.25, 0.3) is 0 Å². The Morgan fingerprint density at radius 3 is 2.53 bits per heavy atom. The minimum Gasteiger partial charge on any atom is -0.462 e. The summed E-state index contributed by atoms with van der Waals surface area (Å²) < 4.78 is 9.28. The van der Waals surface area contributed by atoms with Crippen LogP contribution in [0.15, 0.2) is 23.9 Å². The van der Waals surface area contributed by atoms with E-state index in [0.717, 1.165) is 0 Å². The number of esters is 2. The second-order valence-electron chi connectivity index (χ2n) is 2.82. The standard InChI is InChI=1S/C11H14N2O4/c1-9(14)16-6-7-17-11(15)10(8-12)4-3-5-13-2/h3-5,13H,6-7H2,1-2H3. The van der Waals surface area contributed by atoms with E-state index in [1.807, 2.05) is 0 Å². The number of allylic oxidation sites excluding steroid dienone is 2. The van der Waals surface area contributed by atoms with E-state index >= 15 is 0 Å². The Labute approximate surface area is 99.5 Å². The molecule has 0 aromatic rings. The van der Waals surface area contributed by atoms with Crippen molar-refractivity contribution in [3.63, 3.8) is 0 Å². The smallest absolute Gasteiger partial charge is 0.349 e. The van der Waals surface area contributed by atoms with Crippen LogP contribution in [0, 0.1) is 11.3 Å². The van der Waals surface area contributed by atoms with Gasteiger partial charge >= 0.3 is 11.9 Å². The van der Waals surface area contributed by atoms with Crippen LogP contribution in [-0.2, 0) is 19.1 Å². The third-order valence-electron chi connectivity index (χ3n) is 1.49. The second-order valence-corrected chi connectivity index (χ2v) is 2.82. The van der Waals surface area contributed by atoms with E-state index in [0.29, 0.717) is 0 Å². The summed E-state index contributed by atoms with van der Waals surface area (Å²) in [7, 11) is 1.69. The summed E-state index contributed by atoms with van der Waals surface area (Å²) in [6, 6.07) is 1.71. The summed E-state index contributed by atoms with van der Waals surface area (Å²) in [6.45, 7) is 1.16. The van der Waals surface area contributed by atoms with Crippen molar-refractivity contribution in [2.24, 2.45) is 0 Å². The highest BCUT2D eigenvalue weighted by Gasteiger charge is 2.09. The van der Waals surface area contributed by atoms with Gasteiger partial charge in [-0.25, -0.2) is 4.79 Å². The fourth-order valence-electron chi connectivity index (χ4n) is 0.789. The Balaban J connectivity index is 4.10. The predicted octanol–water partition coefficient (Wildman–Crippen LogP) is 0.276. The summed E-state index contributed by atoms with van der Waals surface area (Å²) in [5, 5.41) is 11.4. The Bertz CT molecular complexity index is 366. The van der Waals surface area contributed by atoms with Gasteiger partial charge < -0.3 is 14.8 Å². The van der Waals surface area contributed by atoms with Crippen LogP contribution < -0.4 is 5.32 Å². The zero-order valence-corrected chi connectivity index (χ0v) is 9.73. The number of carbonyl (C=O) groups excluding carboxylic acids is 2. The van der Waals surface area contributed by atoms with E-state index in [9.17, 15) is 9.59 Å². The van der Waals surface area contributed by atoms with Crippen LogP contribution >= 0.6 is 0 Å². The van der Waals surface area contributed by atoms with Gasteiger partial charge in [0.25, 0.3) is 0 Å². The summed E-state index contributed by atoms with van der Waals surface area (Å²) >= 11 is 0. The number of nitrogens with one attached hydrogen (secondary N) is 1. The highest BCUT2D eigenvalue weighted by molar-refractivity contribution is 5.93. The molecule has 6 nitrogen and oxygen atoms in total. The molecule has 0 fully saturated rings. The topological polar surface area (TPSA) is 88.4 Å². The molecule has 0 spiro atoms. The predicted molar refractivity (Wildman–Crippen MR) is 59.5 cm³/mol. The lowest BCUT2D eigenvalue weighted by atomic mass is 10.3. The molecule has 0 bridgehead atoms. The number of hydrogen-bond donors (Lipinski definition) is 1. The van der Waals surface area contributed by atoms with Gasteiger partial charge in [-0.2, -0.15) is 5.26 Å². The summed E-state index contributed by atoms with van der Waals surface area (Å²) in [6.07, 6.45) is 4.39. The first-order chi connectivity index (χ1) is 8.11. The fraction of sp³-hybridized carbons (Fsp3) is 0.364. The molecule has 0 aliphatic heterocycles. The van der Waals surface area contributed by atoms with Gasteiger partial charge in [-0.05, 0) is 18.4 Å². The summed E-state index contributed by atoms with van der Waals surface area (Å²) in [5.74, 6) is -1.20. The fourth-order valence-corrected chi connectivity index (χ4v) is 0.789. The highest BCUT2D eigenvalue weighted by atomic mass is 16.6. The van der Waals surface area contributed by atoms with Crippen LogP contribution in [0.1, 0.15) is 6.92 Å². The molecular weight excluding hydrogens is 224 g/mol. The van der Waals surface area contributed by atoms with Crippen LogP contribution in [0.3, 0.4) is 0 Å². The van der Waals surface area contributed by atoms with Crippen molar-refractivity contribution in [1.29, 1.82) is 5.26 Å². The molecule has 92 valence electrons. The molecule has 17 heavy (non-hydrogen) atoms. The lowest BCUT2D eigenvalue weighted by Gasteiger charge is -2.03. The normalized spacial score (nSPS) is 10.8. The van der Waals surface area contributed by atoms with E-state index in [4.69, 9.17) is 10.00 Å². The van der Waals surface area contributed by atoms with Gasteiger partial charge in [0, 0.05) is 14.0 Å². The Hall–Kier alpha value is -2.29. The maximum atomic E-state index is 11.3. The Morgan fingerprint density at radius 1 is 1.35 bits per heavy atom. The molecule has 0 atom stereocenters. The third kappa shape index (κ3) is 7.62. The first-order valence-corrected chi connectivity index (χ1v) is 4.86. The van der Waals surface area contributed by atoms with E-state index in [-0.39, 0.29) is 18.8 Å². The molecule has 1 N–H and O–H groups in total. The largest absolute Gasteiger partial charge is 0.462 e. The molecule has 0 rings (SSSR count). The van der Waals surface area contributed by atoms with Gasteiger partial charge in [-0.15, -0.1) is 0 Å². The number of nitriles is 1. The molecule has 0 aromatic heterocycles. The minimum absolute atomic E-state index is 0.0217. The molecule has 0 aliphatic carbocycles. The lowest BCUT2D eigenvalue weighted by molar-refractivity contribution is -0.148. The molecule has 0 unspecified atom stereocenters. The van der Waals surface area contributed by atoms with E-state index < -0.39 is 11.9 Å². The first kappa shape index (κ1) is 14.7. The van der Waals surface area contributed by atoms with Crippen molar-refractivity contribution in [3.05, 3.63) is 23.9 Å². The van der Waals surface area contributed by atoms with Crippen LogP contribution in [-0.4, -0.2) is 32.2 Å². The van der Waals surface area contributed by atoms with Gasteiger partial charge in [-0.3, -0.25) is 4.79 Å². The van der Waals surface area contributed by atoms with Crippen molar-refractivity contribution in [3.8, 4) is 6.07 Å². The molecule has 0 saturated carbocycles. The van der Waals surface area contributed by atoms with E-state index in [2.05, 4.69) is 10.1 Å². The van der Waals surface area contributed by atoms with Gasteiger partial charge in [0.05, 0.1) is 0 Å². The average molecular weight is 238 g/mol. The Morgan fingerprint density at radius 2 is 2.00 bits per heavy atom. The van der Waals surface area contributed by atoms with Crippen LogP contribution in [0.2, 0.25) is 0 Å². The van der Waals surface area contributed by atoms with Crippen molar-refractivity contribution in [1.82, 2.24) is 5.32 Å². The van der Waals surface area contributed by atoms with Crippen LogP contribution in [0.4, 0.5) is 0 Å². The van der Waals surface area contributed by atoms with Crippen molar-refractivity contribution in [2.75, 3.05) is 20.3 Å². The van der Waals surface area contributed by atoms with Gasteiger partial charge in [0.2, 0.25) is 0 Å². The number of ether oxygens (including phenoxy) is 2. The first-order valence-electron chi connectivity index (χ1n) is 4.86. The number of carbonyl (C=O) groups is 2. The molecule has 0 aliphatic rings. The van der Waals surface area contributed by atoms with Crippen molar-refractivity contribution < 1.29 is 19.1 Å². The molecule has 0 aromatic carbocycles. The number of nitrogens with zero attached hydrogens (tertiary/aromatic N) is 1. The quantitative estimate of drug-likeness (QED) is 0.235. The summed E-state index contributed by atoms with van der Waals surface area (Å²) in [4.78, 5) is 21.7. The molecule has 6 heteroatoms. The summed E-state index contributed by atoms with van der Waals surface area (Å²) in [5.41, 5.74) is -0.126. The number of hydrogen-bond acceptors (Lipinski definition) is 6. The maximum Gasteiger partial charge on any atom is 0.349 e. The van der Waals surface area contributed by atoms with E-state index in [1.54, 1.807) is 19.3 Å². The lowest BCUT2D eigenvalue weighted by Crippen LogP contribution is -2.13. The van der Waals surface area contributed by atoms with E-state index in [1.165, 1.54) is 19.1 Å².